The lowest BCUT2D eigenvalue weighted by Crippen LogP contribution is -2.15. The Hall–Kier alpha value is -2.54. The van der Waals surface area contributed by atoms with Crippen molar-refractivity contribution in [1.82, 2.24) is 0 Å². The molecule has 8 heteroatoms. The Bertz CT molecular complexity index is 1150. The Morgan fingerprint density at radius 2 is 1.62 bits per heavy atom. The number of sulfonamides is 1. The molecule has 0 radical (unpaired) electrons. The molecule has 3 aromatic rings. The van der Waals surface area contributed by atoms with Gasteiger partial charge in [-0.2, -0.15) is 0 Å². The minimum atomic E-state index is -3.92. The van der Waals surface area contributed by atoms with Crippen molar-refractivity contribution >= 4 is 44.9 Å². The van der Waals surface area contributed by atoms with E-state index in [0.29, 0.717) is 18.5 Å². The molecule has 0 aliphatic heterocycles. The minimum absolute atomic E-state index is 0.0814. The number of hydrogen-bond donors (Lipinski definition) is 2. The van der Waals surface area contributed by atoms with Gasteiger partial charge in [-0.25, -0.2) is 13.2 Å². The van der Waals surface area contributed by atoms with Crippen LogP contribution in [0.15, 0.2) is 71.6 Å². The summed E-state index contributed by atoms with van der Waals surface area (Å²) in [7, 11) is -3.92. The SMILES string of the molecule is O=C(O)c1ccc(CCc2ccccc2NS(=O)(=O)c2cc(Cl)ccc2Cl)cc1. The lowest BCUT2D eigenvalue weighted by Gasteiger charge is -2.14. The van der Waals surface area contributed by atoms with Gasteiger partial charge in [0.05, 0.1) is 16.3 Å². The van der Waals surface area contributed by atoms with Crippen molar-refractivity contribution in [3.8, 4) is 0 Å². The molecule has 0 bridgehead atoms. The quantitative estimate of drug-likeness (QED) is 0.513. The van der Waals surface area contributed by atoms with Gasteiger partial charge in [0, 0.05) is 5.02 Å². The number of carboxylic acids is 1. The van der Waals surface area contributed by atoms with E-state index in [4.69, 9.17) is 28.3 Å². The standard InChI is InChI=1S/C21H17Cl2NO4S/c22-17-11-12-18(23)20(13-17)29(27,28)24-19-4-2-1-3-15(19)8-5-14-6-9-16(10-7-14)21(25)26/h1-4,6-7,9-13,24H,5,8H2,(H,25,26). The molecule has 0 aliphatic carbocycles. The minimum Gasteiger partial charge on any atom is -0.478 e. The first-order valence-corrected chi connectivity index (χ1v) is 10.9. The van der Waals surface area contributed by atoms with Crippen LogP contribution in [-0.2, 0) is 22.9 Å². The van der Waals surface area contributed by atoms with E-state index in [1.54, 1.807) is 36.4 Å². The molecular formula is C21H17Cl2NO4S. The number of para-hydroxylation sites is 1. The molecule has 0 unspecified atom stereocenters. The van der Waals surface area contributed by atoms with E-state index >= 15 is 0 Å². The smallest absolute Gasteiger partial charge is 0.335 e. The van der Waals surface area contributed by atoms with Crippen molar-refractivity contribution < 1.29 is 18.3 Å². The van der Waals surface area contributed by atoms with Crippen molar-refractivity contribution in [2.45, 2.75) is 17.7 Å². The molecule has 0 aliphatic rings. The molecule has 0 aromatic heterocycles. The van der Waals surface area contributed by atoms with E-state index in [9.17, 15) is 13.2 Å². The third-order valence-corrected chi connectivity index (χ3v) is 6.41. The van der Waals surface area contributed by atoms with Gasteiger partial charge in [-0.1, -0.05) is 53.5 Å². The predicted molar refractivity (Wildman–Crippen MR) is 115 cm³/mol. The number of carboxylic acid groups (broad SMARTS) is 1. The molecule has 0 amide bonds. The van der Waals surface area contributed by atoms with Crippen LogP contribution in [0.2, 0.25) is 10.0 Å². The van der Waals surface area contributed by atoms with Gasteiger partial charge in [-0.3, -0.25) is 4.72 Å². The molecule has 29 heavy (non-hydrogen) atoms. The van der Waals surface area contributed by atoms with Crippen molar-refractivity contribution in [1.29, 1.82) is 0 Å². The summed E-state index contributed by atoms with van der Waals surface area (Å²) < 4.78 is 28.2. The first-order valence-electron chi connectivity index (χ1n) is 8.64. The normalized spacial score (nSPS) is 11.2. The highest BCUT2D eigenvalue weighted by atomic mass is 35.5. The van der Waals surface area contributed by atoms with Gasteiger partial charge in [0.15, 0.2) is 0 Å². The van der Waals surface area contributed by atoms with E-state index in [-0.39, 0.29) is 20.5 Å². The van der Waals surface area contributed by atoms with Crippen LogP contribution in [0.25, 0.3) is 0 Å². The maximum atomic E-state index is 12.8. The Morgan fingerprint density at radius 3 is 2.31 bits per heavy atom. The van der Waals surface area contributed by atoms with Crippen molar-refractivity contribution in [2.24, 2.45) is 0 Å². The van der Waals surface area contributed by atoms with Crippen molar-refractivity contribution in [3.63, 3.8) is 0 Å². The highest BCUT2D eigenvalue weighted by molar-refractivity contribution is 7.92. The van der Waals surface area contributed by atoms with E-state index in [2.05, 4.69) is 4.72 Å². The summed E-state index contributed by atoms with van der Waals surface area (Å²) >= 11 is 12.0. The topological polar surface area (TPSA) is 83.5 Å². The van der Waals surface area contributed by atoms with Crippen LogP contribution >= 0.6 is 23.2 Å². The van der Waals surface area contributed by atoms with Crippen LogP contribution < -0.4 is 4.72 Å². The molecule has 5 nitrogen and oxygen atoms in total. The average Bonchev–Trinajstić information content (AvgIpc) is 2.69. The molecule has 0 atom stereocenters. The Balaban J connectivity index is 1.80. The van der Waals surface area contributed by atoms with E-state index in [0.717, 1.165) is 11.1 Å². The number of carbonyl (C=O) groups is 1. The van der Waals surface area contributed by atoms with Gasteiger partial charge in [0.1, 0.15) is 4.90 Å². The highest BCUT2D eigenvalue weighted by Crippen LogP contribution is 2.28. The van der Waals surface area contributed by atoms with Gasteiger partial charge < -0.3 is 5.11 Å². The predicted octanol–water partition coefficient (Wildman–Crippen LogP) is 5.28. The Labute approximate surface area is 179 Å². The summed E-state index contributed by atoms with van der Waals surface area (Å²) in [5, 5.41) is 9.33. The highest BCUT2D eigenvalue weighted by Gasteiger charge is 2.20. The van der Waals surface area contributed by atoms with Crippen LogP contribution in [-0.4, -0.2) is 19.5 Å². The lowest BCUT2D eigenvalue weighted by molar-refractivity contribution is 0.0697. The van der Waals surface area contributed by atoms with E-state index in [1.807, 2.05) is 12.1 Å². The van der Waals surface area contributed by atoms with Gasteiger partial charge in [0.2, 0.25) is 0 Å². The van der Waals surface area contributed by atoms with Gasteiger partial charge in [-0.05, 0) is 60.4 Å². The summed E-state index contributed by atoms with van der Waals surface area (Å²) in [6, 6.07) is 17.9. The van der Waals surface area contributed by atoms with Crippen molar-refractivity contribution in [3.05, 3.63) is 93.5 Å². The zero-order chi connectivity index (χ0) is 21.0. The fraction of sp³-hybridized carbons (Fsp3) is 0.0952. The molecule has 3 rings (SSSR count). The van der Waals surface area contributed by atoms with Crippen LogP contribution in [0.3, 0.4) is 0 Å². The largest absolute Gasteiger partial charge is 0.478 e. The molecule has 150 valence electrons. The van der Waals surface area contributed by atoms with E-state index in [1.165, 1.54) is 18.2 Å². The summed E-state index contributed by atoms with van der Waals surface area (Å²) in [5.41, 5.74) is 2.42. The molecular weight excluding hydrogens is 433 g/mol. The number of halogens is 2. The fourth-order valence-corrected chi connectivity index (χ4v) is 4.68. The first-order chi connectivity index (χ1) is 13.8. The zero-order valence-corrected chi connectivity index (χ0v) is 17.4. The number of rotatable bonds is 7. The zero-order valence-electron chi connectivity index (χ0n) is 15.1. The Kier molecular flexibility index (Phi) is 6.47. The number of benzene rings is 3. The maximum Gasteiger partial charge on any atom is 0.335 e. The van der Waals surface area contributed by atoms with Crippen molar-refractivity contribution in [2.75, 3.05) is 4.72 Å². The first kappa shape index (κ1) is 21.2. The fourth-order valence-electron chi connectivity index (χ4n) is 2.81. The number of nitrogens with one attached hydrogen (secondary N) is 1. The molecule has 3 aromatic carbocycles. The molecule has 2 N–H and O–H groups in total. The monoisotopic (exact) mass is 449 g/mol. The second-order valence-corrected chi connectivity index (χ2v) is 8.83. The molecule has 0 saturated heterocycles. The average molecular weight is 450 g/mol. The van der Waals surface area contributed by atoms with Gasteiger partial charge in [-0.15, -0.1) is 0 Å². The Morgan fingerprint density at radius 1 is 0.931 bits per heavy atom. The number of hydrogen-bond acceptors (Lipinski definition) is 3. The second kappa shape index (κ2) is 8.86. The van der Waals surface area contributed by atoms with Crippen LogP contribution in [0.1, 0.15) is 21.5 Å². The van der Waals surface area contributed by atoms with Gasteiger partial charge >= 0.3 is 5.97 Å². The summed E-state index contributed by atoms with van der Waals surface area (Å²) in [4.78, 5) is 10.9. The summed E-state index contributed by atoms with van der Waals surface area (Å²) in [6.07, 6.45) is 1.19. The molecule has 0 spiro atoms. The second-order valence-electron chi connectivity index (χ2n) is 6.34. The number of aromatic carboxylic acids is 1. The lowest BCUT2D eigenvalue weighted by atomic mass is 10.0. The number of aryl methyl sites for hydroxylation is 2. The molecule has 0 heterocycles. The molecule has 0 saturated carbocycles. The van der Waals surface area contributed by atoms with Crippen LogP contribution in [0.4, 0.5) is 5.69 Å². The third-order valence-electron chi connectivity index (χ3n) is 4.33. The van der Waals surface area contributed by atoms with E-state index < -0.39 is 16.0 Å². The third kappa shape index (κ3) is 5.29. The van der Waals surface area contributed by atoms with Crippen LogP contribution in [0, 0.1) is 0 Å². The van der Waals surface area contributed by atoms with Gasteiger partial charge in [0.25, 0.3) is 10.0 Å². The molecule has 0 fully saturated rings. The number of anilines is 1. The maximum absolute atomic E-state index is 12.8. The van der Waals surface area contributed by atoms with Crippen LogP contribution in [0.5, 0.6) is 0 Å². The summed E-state index contributed by atoms with van der Waals surface area (Å²) in [6.45, 7) is 0. The summed E-state index contributed by atoms with van der Waals surface area (Å²) in [5.74, 6) is -0.976.